The highest BCUT2D eigenvalue weighted by atomic mass is 16.5. The second kappa shape index (κ2) is 12.5. The average Bonchev–Trinajstić information content (AvgIpc) is 3.68. The molecule has 4 aliphatic rings. The zero-order valence-electron chi connectivity index (χ0n) is 26.4. The molecular weight excluding hydrogens is 586 g/mol. The summed E-state index contributed by atoms with van der Waals surface area (Å²) in [6, 6.07) is 15.7. The number of nitrogens with one attached hydrogen (secondary N) is 1. The van der Waals surface area contributed by atoms with Crippen LogP contribution in [0.3, 0.4) is 0 Å². The number of esters is 1. The molecule has 2 saturated heterocycles. The highest BCUT2D eigenvalue weighted by molar-refractivity contribution is 6.00. The number of allylic oxidation sites excluding steroid dienone is 1. The lowest BCUT2D eigenvalue weighted by atomic mass is 9.74. The Bertz CT molecular complexity index is 1540. The Labute approximate surface area is 269 Å². The fourth-order valence-electron chi connectivity index (χ4n) is 7.32. The van der Waals surface area contributed by atoms with Crippen molar-refractivity contribution in [3.8, 4) is 0 Å². The Morgan fingerprint density at radius 2 is 1.67 bits per heavy atom. The van der Waals surface area contributed by atoms with Crippen LogP contribution in [0.4, 0.5) is 0 Å². The number of nitrogens with zero attached hydrogens (tertiary/aromatic N) is 2. The lowest BCUT2D eigenvalue weighted by Crippen LogP contribution is -2.60. The van der Waals surface area contributed by atoms with Gasteiger partial charge in [0.2, 0.25) is 17.7 Å². The molecule has 0 saturated carbocycles. The molecule has 1 spiro atoms. The molecule has 10 nitrogen and oxygen atoms in total. The van der Waals surface area contributed by atoms with Crippen molar-refractivity contribution in [1.82, 2.24) is 15.1 Å². The Kier molecular flexibility index (Phi) is 8.60. The normalized spacial score (nSPS) is 31.4. The predicted molar refractivity (Wildman–Crippen MR) is 169 cm³/mol. The van der Waals surface area contributed by atoms with E-state index in [-0.39, 0.29) is 25.5 Å². The van der Waals surface area contributed by atoms with Gasteiger partial charge in [-0.1, -0.05) is 85.0 Å². The molecule has 0 aromatic heterocycles. The lowest BCUT2D eigenvalue weighted by molar-refractivity contribution is -0.153. The molecule has 46 heavy (non-hydrogen) atoms. The Morgan fingerprint density at radius 1 is 0.978 bits per heavy atom. The predicted octanol–water partition coefficient (Wildman–Crippen LogP) is 3.25. The quantitative estimate of drug-likeness (QED) is 0.394. The minimum atomic E-state index is -1.42. The van der Waals surface area contributed by atoms with Gasteiger partial charge in [-0.15, -0.1) is 0 Å². The van der Waals surface area contributed by atoms with Crippen molar-refractivity contribution in [2.75, 3.05) is 19.8 Å². The van der Waals surface area contributed by atoms with Gasteiger partial charge in [0.25, 0.3) is 0 Å². The van der Waals surface area contributed by atoms with Gasteiger partial charge >= 0.3 is 5.97 Å². The summed E-state index contributed by atoms with van der Waals surface area (Å²) >= 11 is 0. The summed E-state index contributed by atoms with van der Waals surface area (Å²) in [5.74, 6) is -3.58. The van der Waals surface area contributed by atoms with Gasteiger partial charge in [0.05, 0.1) is 36.6 Å². The smallest absolute Gasteiger partial charge is 0.306 e. The zero-order chi connectivity index (χ0) is 32.6. The van der Waals surface area contributed by atoms with Crippen molar-refractivity contribution in [3.05, 3.63) is 96.1 Å². The molecule has 0 radical (unpaired) electrons. The average molecular weight is 628 g/mol. The second-order valence-electron chi connectivity index (χ2n) is 13.3. The fourth-order valence-corrected chi connectivity index (χ4v) is 7.32. The van der Waals surface area contributed by atoms with Gasteiger partial charge in [-0.05, 0) is 38.3 Å². The van der Waals surface area contributed by atoms with E-state index in [2.05, 4.69) is 5.32 Å². The van der Waals surface area contributed by atoms with E-state index in [4.69, 9.17) is 9.47 Å². The first-order valence-corrected chi connectivity index (χ1v) is 15.9. The summed E-state index contributed by atoms with van der Waals surface area (Å²) in [5, 5.41) is 13.8. The molecule has 6 rings (SSSR count). The minimum absolute atomic E-state index is 0.0816. The number of cyclic esters (lactones) is 1. The van der Waals surface area contributed by atoms with Gasteiger partial charge in [-0.2, -0.15) is 0 Å². The number of hydrogen-bond acceptors (Lipinski definition) is 7. The van der Waals surface area contributed by atoms with Crippen molar-refractivity contribution in [2.45, 2.75) is 69.0 Å². The molecule has 0 aliphatic carbocycles. The highest BCUT2D eigenvalue weighted by Gasteiger charge is 2.74. The van der Waals surface area contributed by atoms with Gasteiger partial charge in [-0.25, -0.2) is 0 Å². The Morgan fingerprint density at radius 3 is 2.35 bits per heavy atom. The van der Waals surface area contributed by atoms with E-state index in [1.54, 1.807) is 17.1 Å². The van der Waals surface area contributed by atoms with Gasteiger partial charge in [0, 0.05) is 18.5 Å². The minimum Gasteiger partial charge on any atom is -0.463 e. The largest absolute Gasteiger partial charge is 0.463 e. The zero-order valence-corrected chi connectivity index (χ0v) is 26.4. The number of rotatable bonds is 4. The van der Waals surface area contributed by atoms with E-state index in [0.717, 1.165) is 5.56 Å². The third-order valence-electron chi connectivity index (χ3n) is 9.52. The first-order chi connectivity index (χ1) is 22.1. The number of carbonyl (C=O) groups excluding carboxylic acids is 4. The van der Waals surface area contributed by atoms with Gasteiger partial charge in [-0.3, -0.25) is 19.2 Å². The maximum absolute atomic E-state index is 14.9. The van der Waals surface area contributed by atoms with Crippen LogP contribution in [0.2, 0.25) is 0 Å². The number of amides is 3. The van der Waals surface area contributed by atoms with Crippen LogP contribution in [0.5, 0.6) is 0 Å². The van der Waals surface area contributed by atoms with Crippen molar-refractivity contribution < 1.29 is 33.8 Å². The number of likely N-dealkylation sites (tertiary alicyclic amines) is 1. The van der Waals surface area contributed by atoms with Crippen LogP contribution < -0.4 is 5.32 Å². The highest BCUT2D eigenvalue weighted by Crippen LogP contribution is 2.57. The van der Waals surface area contributed by atoms with Crippen LogP contribution in [0.15, 0.2) is 85.0 Å². The fraction of sp³-hybridized carbons (Fsp3) is 0.444. The second-order valence-corrected chi connectivity index (χ2v) is 13.3. The molecule has 10 heteroatoms. The number of ether oxygens (including phenoxy) is 2. The van der Waals surface area contributed by atoms with Gasteiger partial charge in [0.1, 0.15) is 18.2 Å². The number of fused-ring (bicyclic) bond motifs is 2. The van der Waals surface area contributed by atoms with Crippen LogP contribution in [-0.4, -0.2) is 81.6 Å². The van der Waals surface area contributed by atoms with E-state index in [0.29, 0.717) is 12.0 Å². The molecule has 4 heterocycles. The van der Waals surface area contributed by atoms with Gasteiger partial charge in [0.15, 0.2) is 0 Å². The third-order valence-corrected chi connectivity index (χ3v) is 9.52. The van der Waals surface area contributed by atoms with Gasteiger partial charge < -0.3 is 29.7 Å². The summed E-state index contributed by atoms with van der Waals surface area (Å²) in [4.78, 5) is 59.6. The van der Waals surface area contributed by atoms with Crippen LogP contribution in [0.25, 0.3) is 0 Å². The molecule has 0 unspecified atom stereocenters. The topological polar surface area (TPSA) is 125 Å². The number of aliphatic hydroxyl groups excluding tert-OH is 1. The third kappa shape index (κ3) is 5.54. The number of benzene rings is 2. The van der Waals surface area contributed by atoms with Crippen LogP contribution in [-0.2, 0) is 28.7 Å². The molecule has 2 N–H and O–H groups in total. The Balaban J connectivity index is 1.47. The number of carbonyl (C=O) groups is 4. The number of aliphatic hydroxyl groups is 1. The summed E-state index contributed by atoms with van der Waals surface area (Å²) in [5.41, 5.74) is -0.663. The molecule has 7 atom stereocenters. The molecule has 4 aliphatic heterocycles. The standard InChI is InChI=1S/C36H41N3O7/c1-35(2,3)38-20-12-6-11-17-28(41)45-22-25(23-13-7-4-8-14-23)37-32(42)29-27-18-19-36(46-27)30(29)33(43)39(31(36)34(38)44)26(21-40)24-15-9-5-10-16-24/h4-10,12-16,18-19,25-27,29-31,40H,11,17,20-22H2,1-3H3,(H,37,42)/b12-6-/t25-,26-,27-,29+,30+,31-,36+/m1/s1. The summed E-state index contributed by atoms with van der Waals surface area (Å²) < 4.78 is 12.2. The Hall–Kier alpha value is -4.28. The summed E-state index contributed by atoms with van der Waals surface area (Å²) in [6.45, 7) is 5.46. The van der Waals surface area contributed by atoms with E-state index in [1.807, 2.05) is 93.6 Å². The van der Waals surface area contributed by atoms with Crippen molar-refractivity contribution in [1.29, 1.82) is 0 Å². The molecule has 2 aromatic rings. The van der Waals surface area contributed by atoms with E-state index >= 15 is 0 Å². The maximum Gasteiger partial charge on any atom is 0.306 e. The lowest BCUT2D eigenvalue weighted by Gasteiger charge is -2.43. The summed E-state index contributed by atoms with van der Waals surface area (Å²) in [6.07, 6.45) is 7.03. The van der Waals surface area contributed by atoms with Crippen molar-refractivity contribution in [3.63, 3.8) is 0 Å². The molecule has 2 fully saturated rings. The monoisotopic (exact) mass is 627 g/mol. The van der Waals surface area contributed by atoms with E-state index in [9.17, 15) is 24.3 Å². The number of hydrogen-bond donors (Lipinski definition) is 2. The maximum atomic E-state index is 14.9. The van der Waals surface area contributed by atoms with Crippen molar-refractivity contribution in [2.24, 2.45) is 11.8 Å². The first-order valence-electron chi connectivity index (χ1n) is 15.9. The van der Waals surface area contributed by atoms with Crippen LogP contribution in [0, 0.1) is 11.8 Å². The van der Waals surface area contributed by atoms with Crippen LogP contribution >= 0.6 is 0 Å². The van der Waals surface area contributed by atoms with Crippen LogP contribution in [0.1, 0.15) is 56.8 Å². The SMILES string of the molecule is CC(C)(C)N1C/C=C\CCC(=O)OC[C@H](c2ccccc2)NC(=O)[C@@H]2[C@H]3C(=O)N([C@H](CO)c4ccccc4)[C@H](C1=O)[C@]31C=C[C@H]2O1. The molecule has 3 amide bonds. The molecular formula is C36H41N3O7. The summed E-state index contributed by atoms with van der Waals surface area (Å²) in [7, 11) is 0. The molecule has 2 aromatic carbocycles. The molecule has 5 bridgehead atoms. The molecule has 242 valence electrons. The van der Waals surface area contributed by atoms with E-state index in [1.165, 1.54) is 4.90 Å². The van der Waals surface area contributed by atoms with Crippen molar-refractivity contribution >= 4 is 23.7 Å². The first kappa shape index (κ1) is 31.7. The van der Waals surface area contributed by atoms with E-state index < -0.39 is 71.6 Å².